The minimum absolute atomic E-state index is 0.324. The SMILES string of the molecule is O=C(Oc1cnn2cccnc12)c1cccnc1. The van der Waals surface area contributed by atoms with Crippen molar-refractivity contribution in [3.8, 4) is 5.75 Å². The van der Waals surface area contributed by atoms with Gasteiger partial charge in [0.1, 0.15) is 0 Å². The first-order chi connectivity index (χ1) is 8.84. The topological polar surface area (TPSA) is 69.4 Å². The molecule has 0 fully saturated rings. The Labute approximate surface area is 102 Å². The Morgan fingerprint density at radius 1 is 1.22 bits per heavy atom. The summed E-state index contributed by atoms with van der Waals surface area (Å²) in [6.45, 7) is 0. The number of carbonyl (C=O) groups is 1. The average molecular weight is 240 g/mol. The molecule has 0 bridgehead atoms. The second-order valence-corrected chi connectivity index (χ2v) is 3.53. The van der Waals surface area contributed by atoms with E-state index in [9.17, 15) is 4.79 Å². The number of rotatable bonds is 2. The number of carbonyl (C=O) groups excluding carboxylic acids is 1. The predicted molar refractivity (Wildman–Crippen MR) is 62.2 cm³/mol. The lowest BCUT2D eigenvalue weighted by atomic mass is 10.3. The summed E-state index contributed by atoms with van der Waals surface area (Å²) in [5.41, 5.74) is 0.877. The summed E-state index contributed by atoms with van der Waals surface area (Å²) in [6.07, 6.45) is 7.83. The van der Waals surface area contributed by atoms with E-state index in [1.165, 1.54) is 16.9 Å². The lowest BCUT2D eigenvalue weighted by Crippen LogP contribution is -2.08. The first-order valence-electron chi connectivity index (χ1n) is 5.25. The second-order valence-electron chi connectivity index (χ2n) is 3.53. The standard InChI is InChI=1S/C12H8N4O2/c17-12(9-3-1-4-13-7-9)18-10-8-15-16-6-2-5-14-11(10)16/h1-8H. The Balaban J connectivity index is 1.91. The van der Waals surface area contributed by atoms with E-state index < -0.39 is 5.97 Å². The van der Waals surface area contributed by atoms with Gasteiger partial charge in [-0.2, -0.15) is 5.10 Å². The van der Waals surface area contributed by atoms with Crippen LogP contribution in [-0.4, -0.2) is 25.6 Å². The molecule has 3 aromatic rings. The third kappa shape index (κ3) is 1.80. The predicted octanol–water partition coefficient (Wildman–Crippen LogP) is 1.34. The van der Waals surface area contributed by atoms with Gasteiger partial charge in [0, 0.05) is 24.8 Å². The molecule has 0 saturated carbocycles. The fraction of sp³-hybridized carbons (Fsp3) is 0. The van der Waals surface area contributed by atoms with Gasteiger partial charge >= 0.3 is 5.97 Å². The lowest BCUT2D eigenvalue weighted by molar-refractivity contribution is 0.0736. The summed E-state index contributed by atoms with van der Waals surface area (Å²) in [5.74, 6) is -0.159. The van der Waals surface area contributed by atoms with Crippen LogP contribution in [0.3, 0.4) is 0 Å². The van der Waals surface area contributed by atoms with Crippen molar-refractivity contribution in [1.29, 1.82) is 0 Å². The molecule has 0 aliphatic rings. The molecule has 6 heteroatoms. The van der Waals surface area contributed by atoms with Crippen LogP contribution in [-0.2, 0) is 0 Å². The molecule has 0 unspecified atom stereocenters. The van der Waals surface area contributed by atoms with Gasteiger partial charge in [-0.1, -0.05) is 0 Å². The first-order valence-corrected chi connectivity index (χ1v) is 5.25. The van der Waals surface area contributed by atoms with Crippen LogP contribution in [0, 0.1) is 0 Å². The van der Waals surface area contributed by atoms with Crippen LogP contribution in [0.2, 0.25) is 0 Å². The van der Waals surface area contributed by atoms with Gasteiger partial charge in [-0.15, -0.1) is 0 Å². The number of hydrogen-bond donors (Lipinski definition) is 0. The fourth-order valence-corrected chi connectivity index (χ4v) is 1.52. The Morgan fingerprint density at radius 3 is 3.00 bits per heavy atom. The third-order valence-corrected chi connectivity index (χ3v) is 2.35. The highest BCUT2D eigenvalue weighted by atomic mass is 16.5. The van der Waals surface area contributed by atoms with Crippen molar-refractivity contribution in [3.05, 3.63) is 54.7 Å². The van der Waals surface area contributed by atoms with E-state index in [1.807, 2.05) is 0 Å². The largest absolute Gasteiger partial charge is 0.417 e. The molecule has 6 nitrogen and oxygen atoms in total. The molecule has 0 saturated heterocycles. The summed E-state index contributed by atoms with van der Waals surface area (Å²) in [5, 5.41) is 4.03. The molecule has 0 amide bonds. The van der Waals surface area contributed by atoms with Crippen molar-refractivity contribution < 1.29 is 9.53 Å². The number of pyridine rings is 1. The van der Waals surface area contributed by atoms with E-state index in [-0.39, 0.29) is 0 Å². The highest BCUT2D eigenvalue weighted by Crippen LogP contribution is 2.17. The van der Waals surface area contributed by atoms with E-state index in [2.05, 4.69) is 15.1 Å². The van der Waals surface area contributed by atoms with Crippen LogP contribution < -0.4 is 4.74 Å². The Kier molecular flexibility index (Phi) is 2.45. The summed E-state index contributed by atoms with van der Waals surface area (Å²) in [7, 11) is 0. The number of nitrogens with zero attached hydrogens (tertiary/aromatic N) is 4. The smallest absolute Gasteiger partial charge is 0.345 e. The Morgan fingerprint density at radius 2 is 2.17 bits per heavy atom. The van der Waals surface area contributed by atoms with Crippen molar-refractivity contribution >= 4 is 11.6 Å². The zero-order chi connectivity index (χ0) is 12.4. The Hall–Kier alpha value is -2.76. The number of aromatic nitrogens is 4. The van der Waals surface area contributed by atoms with Crippen LogP contribution in [0.5, 0.6) is 5.75 Å². The van der Waals surface area contributed by atoms with Crippen LogP contribution in [0.25, 0.3) is 5.65 Å². The van der Waals surface area contributed by atoms with E-state index in [1.54, 1.807) is 36.8 Å². The zero-order valence-electron chi connectivity index (χ0n) is 9.22. The minimum Gasteiger partial charge on any atom is -0.417 e. The van der Waals surface area contributed by atoms with Gasteiger partial charge in [0.25, 0.3) is 0 Å². The van der Waals surface area contributed by atoms with Gasteiger partial charge < -0.3 is 4.74 Å². The monoisotopic (exact) mass is 240 g/mol. The molecule has 0 N–H and O–H groups in total. The fourth-order valence-electron chi connectivity index (χ4n) is 1.52. The third-order valence-electron chi connectivity index (χ3n) is 2.35. The molecular weight excluding hydrogens is 232 g/mol. The van der Waals surface area contributed by atoms with Crippen LogP contribution in [0.1, 0.15) is 10.4 Å². The number of ether oxygens (including phenoxy) is 1. The van der Waals surface area contributed by atoms with Crippen molar-refractivity contribution in [1.82, 2.24) is 19.6 Å². The first kappa shape index (κ1) is 10.4. The van der Waals surface area contributed by atoms with Crippen molar-refractivity contribution in [2.45, 2.75) is 0 Å². The molecular formula is C12H8N4O2. The molecule has 3 rings (SSSR count). The van der Waals surface area contributed by atoms with E-state index in [4.69, 9.17) is 4.74 Å². The highest BCUT2D eigenvalue weighted by molar-refractivity contribution is 5.91. The normalized spacial score (nSPS) is 10.4. The van der Waals surface area contributed by atoms with Gasteiger partial charge in [-0.3, -0.25) is 4.98 Å². The molecule has 0 spiro atoms. The van der Waals surface area contributed by atoms with E-state index >= 15 is 0 Å². The number of fused-ring (bicyclic) bond motifs is 1. The van der Waals surface area contributed by atoms with Gasteiger partial charge in [-0.05, 0) is 18.2 Å². The molecule has 0 aliphatic carbocycles. The molecule has 88 valence electrons. The minimum atomic E-state index is -0.483. The highest BCUT2D eigenvalue weighted by Gasteiger charge is 2.12. The van der Waals surface area contributed by atoms with Crippen molar-refractivity contribution in [3.63, 3.8) is 0 Å². The van der Waals surface area contributed by atoms with Crippen molar-refractivity contribution in [2.24, 2.45) is 0 Å². The number of hydrogen-bond acceptors (Lipinski definition) is 5. The molecule has 0 aromatic carbocycles. The maximum Gasteiger partial charge on any atom is 0.345 e. The van der Waals surface area contributed by atoms with Crippen LogP contribution in [0.4, 0.5) is 0 Å². The quantitative estimate of drug-likeness (QED) is 0.632. The van der Waals surface area contributed by atoms with Crippen LogP contribution >= 0.6 is 0 Å². The average Bonchev–Trinajstić information content (AvgIpc) is 2.83. The Bertz CT molecular complexity index is 693. The summed E-state index contributed by atoms with van der Waals surface area (Å²) < 4.78 is 6.76. The molecule has 18 heavy (non-hydrogen) atoms. The van der Waals surface area contributed by atoms with E-state index in [0.29, 0.717) is 17.0 Å². The number of esters is 1. The molecule has 3 heterocycles. The molecule has 0 radical (unpaired) electrons. The van der Waals surface area contributed by atoms with Crippen LogP contribution in [0.15, 0.2) is 49.2 Å². The van der Waals surface area contributed by atoms with E-state index in [0.717, 1.165) is 0 Å². The molecule has 0 aliphatic heterocycles. The zero-order valence-corrected chi connectivity index (χ0v) is 9.22. The van der Waals surface area contributed by atoms with Gasteiger partial charge in [0.2, 0.25) is 0 Å². The second kappa shape index (κ2) is 4.25. The van der Waals surface area contributed by atoms with Gasteiger partial charge in [0.05, 0.1) is 11.8 Å². The van der Waals surface area contributed by atoms with Crippen molar-refractivity contribution in [2.75, 3.05) is 0 Å². The summed E-state index contributed by atoms with van der Waals surface area (Å²) >= 11 is 0. The van der Waals surface area contributed by atoms with Gasteiger partial charge in [-0.25, -0.2) is 14.3 Å². The van der Waals surface area contributed by atoms with Gasteiger partial charge in [0.15, 0.2) is 11.4 Å². The molecule has 3 aromatic heterocycles. The lowest BCUT2D eigenvalue weighted by Gasteiger charge is -2.01. The molecule has 0 atom stereocenters. The summed E-state index contributed by atoms with van der Waals surface area (Å²) in [4.78, 5) is 19.8. The summed E-state index contributed by atoms with van der Waals surface area (Å²) in [6, 6.07) is 5.05. The maximum absolute atomic E-state index is 11.8. The maximum atomic E-state index is 11.8.